The highest BCUT2D eigenvalue weighted by Gasteiger charge is 2.31. The molecular formula is C12H25N3O. The summed E-state index contributed by atoms with van der Waals surface area (Å²) in [6, 6.07) is 0.00912. The van der Waals surface area contributed by atoms with Crippen LogP contribution < -0.4 is 11.1 Å². The molecule has 0 radical (unpaired) electrons. The van der Waals surface area contributed by atoms with Crippen LogP contribution in [0.1, 0.15) is 45.4 Å². The monoisotopic (exact) mass is 227 g/mol. The van der Waals surface area contributed by atoms with Gasteiger partial charge in [0.15, 0.2) is 0 Å². The summed E-state index contributed by atoms with van der Waals surface area (Å²) < 4.78 is 0. The number of hydrogen-bond donors (Lipinski definition) is 2. The maximum Gasteiger partial charge on any atom is 0.317 e. The van der Waals surface area contributed by atoms with Crippen molar-refractivity contribution in [3.8, 4) is 0 Å². The molecule has 0 heterocycles. The number of rotatable bonds is 3. The lowest BCUT2D eigenvalue weighted by atomic mass is 9.90. The van der Waals surface area contributed by atoms with Crippen LogP contribution in [0.25, 0.3) is 0 Å². The van der Waals surface area contributed by atoms with Crippen molar-refractivity contribution in [2.24, 2.45) is 5.73 Å². The number of nitrogens with two attached hydrogens (primary N) is 1. The summed E-state index contributed by atoms with van der Waals surface area (Å²) in [6.45, 7) is 3.25. The molecule has 0 spiro atoms. The van der Waals surface area contributed by atoms with Gasteiger partial charge in [0, 0.05) is 20.1 Å². The molecule has 1 aliphatic carbocycles. The molecule has 0 aromatic carbocycles. The molecule has 3 N–H and O–H groups in total. The van der Waals surface area contributed by atoms with Crippen LogP contribution in [0.3, 0.4) is 0 Å². The van der Waals surface area contributed by atoms with Crippen LogP contribution in [-0.2, 0) is 0 Å². The lowest BCUT2D eigenvalue weighted by Crippen LogP contribution is -2.56. The van der Waals surface area contributed by atoms with Crippen LogP contribution in [-0.4, -0.2) is 36.6 Å². The number of nitrogens with zero attached hydrogens (tertiary/aromatic N) is 1. The van der Waals surface area contributed by atoms with Crippen LogP contribution in [0.2, 0.25) is 0 Å². The molecule has 0 unspecified atom stereocenters. The molecule has 1 saturated carbocycles. The van der Waals surface area contributed by atoms with Crippen molar-refractivity contribution in [2.75, 3.05) is 20.1 Å². The number of carbonyl (C=O) groups is 1. The Bertz CT molecular complexity index is 222. The molecular weight excluding hydrogens is 202 g/mol. The standard InChI is InChI=1S/C12H25N3O/c1-3-15(2)11(16)14-12(10-13)8-6-4-5-7-9-12/h3-10,13H2,1-2H3,(H,14,16). The van der Waals surface area contributed by atoms with E-state index >= 15 is 0 Å². The Morgan fingerprint density at radius 1 is 1.31 bits per heavy atom. The minimum absolute atomic E-state index is 0.00912. The summed E-state index contributed by atoms with van der Waals surface area (Å²) in [5, 5.41) is 3.13. The largest absolute Gasteiger partial charge is 0.331 e. The second-order valence-electron chi connectivity index (χ2n) is 4.84. The van der Waals surface area contributed by atoms with Crippen LogP contribution in [0.4, 0.5) is 4.79 Å². The van der Waals surface area contributed by atoms with E-state index in [1.165, 1.54) is 25.7 Å². The van der Waals surface area contributed by atoms with E-state index < -0.39 is 0 Å². The van der Waals surface area contributed by atoms with Gasteiger partial charge in [-0.3, -0.25) is 0 Å². The van der Waals surface area contributed by atoms with Gasteiger partial charge < -0.3 is 16.0 Å². The number of amides is 2. The first-order valence-electron chi connectivity index (χ1n) is 6.37. The van der Waals surface area contributed by atoms with Gasteiger partial charge in [0.2, 0.25) is 0 Å². The molecule has 0 aliphatic heterocycles. The molecule has 16 heavy (non-hydrogen) atoms. The third-order valence-corrected chi connectivity index (χ3v) is 3.64. The lowest BCUT2D eigenvalue weighted by molar-refractivity contribution is 0.190. The van der Waals surface area contributed by atoms with Crippen LogP contribution in [0, 0.1) is 0 Å². The summed E-state index contributed by atoms with van der Waals surface area (Å²) in [6.07, 6.45) is 6.92. The molecule has 2 amide bonds. The van der Waals surface area contributed by atoms with E-state index in [4.69, 9.17) is 5.73 Å². The maximum atomic E-state index is 11.9. The van der Waals surface area contributed by atoms with Gasteiger partial charge in [0.05, 0.1) is 5.54 Å². The van der Waals surface area contributed by atoms with Gasteiger partial charge in [-0.15, -0.1) is 0 Å². The average Bonchev–Trinajstić information content (AvgIpc) is 2.54. The second-order valence-corrected chi connectivity index (χ2v) is 4.84. The van der Waals surface area contributed by atoms with Crippen LogP contribution in [0.15, 0.2) is 0 Å². The normalized spacial score (nSPS) is 19.9. The van der Waals surface area contributed by atoms with Gasteiger partial charge in [0.25, 0.3) is 0 Å². The topological polar surface area (TPSA) is 58.4 Å². The van der Waals surface area contributed by atoms with E-state index in [0.29, 0.717) is 6.54 Å². The number of nitrogens with one attached hydrogen (secondary N) is 1. The highest BCUT2D eigenvalue weighted by Crippen LogP contribution is 2.26. The fourth-order valence-electron chi connectivity index (χ4n) is 2.25. The molecule has 0 bridgehead atoms. The van der Waals surface area contributed by atoms with Crippen molar-refractivity contribution in [1.29, 1.82) is 0 Å². The Kier molecular flexibility index (Phi) is 5.06. The Morgan fingerprint density at radius 3 is 2.31 bits per heavy atom. The van der Waals surface area contributed by atoms with Crippen molar-refractivity contribution >= 4 is 6.03 Å². The molecule has 1 rings (SSSR count). The quantitative estimate of drug-likeness (QED) is 0.721. The minimum Gasteiger partial charge on any atom is -0.331 e. The number of hydrogen-bond acceptors (Lipinski definition) is 2. The molecule has 1 fully saturated rings. The summed E-state index contributed by atoms with van der Waals surface area (Å²) in [5.74, 6) is 0. The summed E-state index contributed by atoms with van der Waals surface area (Å²) in [7, 11) is 1.82. The molecule has 4 heteroatoms. The van der Waals surface area contributed by atoms with Gasteiger partial charge in [-0.2, -0.15) is 0 Å². The zero-order chi connectivity index (χ0) is 12.0. The Balaban J connectivity index is 2.60. The van der Waals surface area contributed by atoms with E-state index in [1.54, 1.807) is 4.90 Å². The van der Waals surface area contributed by atoms with Crippen molar-refractivity contribution < 1.29 is 4.79 Å². The van der Waals surface area contributed by atoms with Gasteiger partial charge in [-0.1, -0.05) is 25.7 Å². The third kappa shape index (κ3) is 3.37. The smallest absolute Gasteiger partial charge is 0.317 e. The minimum atomic E-state index is -0.156. The molecule has 0 aromatic heterocycles. The summed E-state index contributed by atoms with van der Waals surface area (Å²) in [5.41, 5.74) is 5.71. The first kappa shape index (κ1) is 13.3. The fraction of sp³-hybridized carbons (Fsp3) is 0.917. The Labute approximate surface area is 98.6 Å². The summed E-state index contributed by atoms with van der Waals surface area (Å²) in [4.78, 5) is 13.6. The van der Waals surface area contributed by atoms with E-state index in [0.717, 1.165) is 19.4 Å². The molecule has 0 atom stereocenters. The second kappa shape index (κ2) is 6.09. The van der Waals surface area contributed by atoms with E-state index in [1.807, 2.05) is 14.0 Å². The van der Waals surface area contributed by atoms with Gasteiger partial charge in [-0.25, -0.2) is 4.79 Å². The molecule has 94 valence electrons. The van der Waals surface area contributed by atoms with E-state index in [9.17, 15) is 4.79 Å². The van der Waals surface area contributed by atoms with Gasteiger partial charge in [-0.05, 0) is 19.8 Å². The van der Waals surface area contributed by atoms with Crippen LogP contribution in [0.5, 0.6) is 0 Å². The Hall–Kier alpha value is -0.770. The summed E-state index contributed by atoms with van der Waals surface area (Å²) >= 11 is 0. The highest BCUT2D eigenvalue weighted by molar-refractivity contribution is 5.74. The predicted molar refractivity (Wildman–Crippen MR) is 66.3 cm³/mol. The first-order valence-corrected chi connectivity index (χ1v) is 6.37. The average molecular weight is 227 g/mol. The predicted octanol–water partition coefficient (Wildman–Crippen LogP) is 1.70. The third-order valence-electron chi connectivity index (χ3n) is 3.64. The van der Waals surface area contributed by atoms with Crippen molar-refractivity contribution in [2.45, 2.75) is 51.0 Å². The van der Waals surface area contributed by atoms with Crippen LogP contribution >= 0.6 is 0 Å². The zero-order valence-electron chi connectivity index (χ0n) is 10.6. The highest BCUT2D eigenvalue weighted by atomic mass is 16.2. The Morgan fingerprint density at radius 2 is 1.88 bits per heavy atom. The maximum absolute atomic E-state index is 11.9. The molecule has 1 aliphatic rings. The van der Waals surface area contributed by atoms with Gasteiger partial charge >= 0.3 is 6.03 Å². The van der Waals surface area contributed by atoms with Crippen molar-refractivity contribution in [1.82, 2.24) is 10.2 Å². The van der Waals surface area contributed by atoms with E-state index in [2.05, 4.69) is 5.32 Å². The van der Waals surface area contributed by atoms with Crippen molar-refractivity contribution in [3.05, 3.63) is 0 Å². The fourth-order valence-corrected chi connectivity index (χ4v) is 2.25. The first-order chi connectivity index (χ1) is 7.63. The lowest BCUT2D eigenvalue weighted by Gasteiger charge is -2.34. The SMILES string of the molecule is CCN(C)C(=O)NC1(CN)CCCCCC1. The molecule has 0 aromatic rings. The van der Waals surface area contributed by atoms with Crippen molar-refractivity contribution in [3.63, 3.8) is 0 Å². The van der Waals surface area contributed by atoms with Gasteiger partial charge in [0.1, 0.15) is 0 Å². The van der Waals surface area contributed by atoms with E-state index in [-0.39, 0.29) is 11.6 Å². The molecule has 0 saturated heterocycles. The molecule has 4 nitrogen and oxygen atoms in total. The number of urea groups is 1. The number of carbonyl (C=O) groups excluding carboxylic acids is 1. The zero-order valence-corrected chi connectivity index (χ0v) is 10.6.